The molecule has 1 aliphatic heterocycles. The Balaban J connectivity index is 1.06. The lowest BCUT2D eigenvalue weighted by Gasteiger charge is -2.31. The van der Waals surface area contributed by atoms with Crippen LogP contribution >= 0.6 is 22.7 Å². The van der Waals surface area contributed by atoms with Gasteiger partial charge in [-0.1, -0.05) is 34.8 Å². The summed E-state index contributed by atoms with van der Waals surface area (Å²) in [4.78, 5) is 35.1. The number of nitrogens with zero attached hydrogens (tertiary/aromatic N) is 7. The number of nitrogens with one attached hydrogen (secondary N) is 2. The van der Waals surface area contributed by atoms with E-state index >= 15 is 0 Å². The number of pyridine rings is 2. The number of rotatable bonds is 10. The zero-order valence-electron chi connectivity index (χ0n) is 19.9. The molecule has 11 nitrogen and oxygen atoms in total. The highest BCUT2D eigenvalue weighted by Gasteiger charge is 2.23. The molecule has 1 fully saturated rings. The SMILES string of the molecule is O=C(Cc1ccccn1)Cc1nnc(NC2CCN(c3nnc(NC(=O)Cc4ccccn4)s3)CC2)s1. The first-order valence-electron chi connectivity index (χ1n) is 11.9. The monoisotopic (exact) mass is 535 g/mol. The fourth-order valence-corrected chi connectivity index (χ4v) is 5.59. The van der Waals surface area contributed by atoms with Crippen molar-refractivity contribution < 1.29 is 9.59 Å². The van der Waals surface area contributed by atoms with Crippen LogP contribution in [0, 0.1) is 0 Å². The van der Waals surface area contributed by atoms with Gasteiger partial charge in [0, 0.05) is 49.3 Å². The fraction of sp³-hybridized carbons (Fsp3) is 0.333. The molecule has 0 radical (unpaired) electrons. The summed E-state index contributed by atoms with van der Waals surface area (Å²) in [6.07, 6.45) is 5.89. The van der Waals surface area contributed by atoms with Gasteiger partial charge in [0.15, 0.2) is 0 Å². The van der Waals surface area contributed by atoms with Crippen LogP contribution in [0.5, 0.6) is 0 Å². The molecule has 5 rings (SSSR count). The summed E-state index contributed by atoms with van der Waals surface area (Å²) >= 11 is 2.79. The van der Waals surface area contributed by atoms with E-state index in [-0.39, 0.29) is 30.6 Å². The first-order valence-corrected chi connectivity index (χ1v) is 13.5. The zero-order chi connectivity index (χ0) is 25.5. The Morgan fingerprint density at radius 1 is 0.838 bits per heavy atom. The highest BCUT2D eigenvalue weighted by Crippen LogP contribution is 2.28. The van der Waals surface area contributed by atoms with Gasteiger partial charge in [-0.05, 0) is 37.1 Å². The van der Waals surface area contributed by atoms with Crippen LogP contribution in [0.25, 0.3) is 0 Å². The van der Waals surface area contributed by atoms with E-state index in [1.807, 2.05) is 36.4 Å². The van der Waals surface area contributed by atoms with Crippen LogP contribution in [-0.2, 0) is 28.9 Å². The van der Waals surface area contributed by atoms with Gasteiger partial charge < -0.3 is 15.5 Å². The summed E-state index contributed by atoms with van der Waals surface area (Å²) in [6.45, 7) is 1.62. The van der Waals surface area contributed by atoms with Gasteiger partial charge in [-0.3, -0.25) is 19.6 Å². The molecule has 0 unspecified atom stereocenters. The summed E-state index contributed by atoms with van der Waals surface area (Å²) in [5, 5.41) is 25.7. The Morgan fingerprint density at radius 2 is 1.54 bits per heavy atom. The molecule has 0 aliphatic carbocycles. The van der Waals surface area contributed by atoms with Crippen molar-refractivity contribution in [1.82, 2.24) is 30.4 Å². The number of carbonyl (C=O) groups is 2. The largest absolute Gasteiger partial charge is 0.357 e. The molecule has 0 bridgehead atoms. The molecule has 0 aromatic carbocycles. The van der Waals surface area contributed by atoms with Crippen molar-refractivity contribution in [1.29, 1.82) is 0 Å². The summed E-state index contributed by atoms with van der Waals surface area (Å²) < 4.78 is 0. The molecule has 2 N–H and O–H groups in total. The average molecular weight is 536 g/mol. The fourth-order valence-electron chi connectivity index (χ4n) is 3.93. The summed E-state index contributed by atoms with van der Waals surface area (Å²) in [7, 11) is 0. The van der Waals surface area contributed by atoms with Crippen molar-refractivity contribution in [2.75, 3.05) is 28.6 Å². The van der Waals surface area contributed by atoms with Crippen LogP contribution in [-0.4, -0.2) is 61.2 Å². The Kier molecular flexibility index (Phi) is 8.01. The van der Waals surface area contributed by atoms with E-state index in [1.165, 1.54) is 22.7 Å². The van der Waals surface area contributed by atoms with Crippen molar-refractivity contribution >= 4 is 49.8 Å². The number of Topliss-reactive ketones (excluding diaryl/α,β-unsaturated/α-hetero) is 1. The number of hydrogen-bond acceptors (Lipinski definition) is 12. The van der Waals surface area contributed by atoms with Crippen molar-refractivity contribution in [3.63, 3.8) is 0 Å². The number of carbonyl (C=O) groups excluding carboxylic acids is 2. The third kappa shape index (κ3) is 7.11. The molecule has 0 saturated carbocycles. The number of hydrogen-bond donors (Lipinski definition) is 2. The van der Waals surface area contributed by atoms with Gasteiger partial charge in [0.2, 0.25) is 21.3 Å². The second kappa shape index (κ2) is 11.9. The standard InChI is InChI=1S/C24H25N9O2S2/c34-19(13-17-5-1-3-9-25-17)15-21-29-30-22(36-21)27-16-7-11-33(12-8-16)24-32-31-23(37-24)28-20(35)14-18-6-2-4-10-26-18/h1-6,9-10,16H,7-8,11-15H2,(H,27,30)(H,28,31,35). The van der Waals surface area contributed by atoms with E-state index < -0.39 is 0 Å². The smallest absolute Gasteiger partial charge is 0.232 e. The van der Waals surface area contributed by atoms with E-state index in [0.29, 0.717) is 22.3 Å². The van der Waals surface area contributed by atoms with Crippen LogP contribution < -0.4 is 15.5 Å². The van der Waals surface area contributed by atoms with Crippen molar-refractivity contribution in [3.05, 3.63) is 65.2 Å². The number of anilines is 3. The number of aromatic nitrogens is 6. The lowest BCUT2D eigenvalue weighted by atomic mass is 10.1. The number of piperidine rings is 1. The number of ketones is 1. The molecule has 4 aromatic rings. The van der Waals surface area contributed by atoms with Gasteiger partial charge in [-0.2, -0.15) is 0 Å². The maximum atomic E-state index is 12.3. The lowest BCUT2D eigenvalue weighted by Crippen LogP contribution is -2.39. The van der Waals surface area contributed by atoms with Gasteiger partial charge in [0.05, 0.1) is 12.8 Å². The zero-order valence-corrected chi connectivity index (χ0v) is 21.5. The van der Waals surface area contributed by atoms with Crippen molar-refractivity contribution in [2.24, 2.45) is 0 Å². The summed E-state index contributed by atoms with van der Waals surface area (Å²) in [5.74, 6) is -0.0989. The normalized spacial score (nSPS) is 13.9. The Hall–Kier alpha value is -3.84. The molecule has 1 aliphatic rings. The van der Waals surface area contributed by atoms with Crippen molar-refractivity contribution in [3.8, 4) is 0 Å². The minimum Gasteiger partial charge on any atom is -0.357 e. The minimum atomic E-state index is -0.167. The van der Waals surface area contributed by atoms with Gasteiger partial charge in [0.1, 0.15) is 10.8 Å². The molecular weight excluding hydrogens is 510 g/mol. The van der Waals surface area contributed by atoms with Gasteiger partial charge in [0.25, 0.3) is 0 Å². The van der Waals surface area contributed by atoms with E-state index in [4.69, 9.17) is 0 Å². The molecule has 0 spiro atoms. The van der Waals surface area contributed by atoms with Crippen LogP contribution in [0.1, 0.15) is 29.2 Å². The van der Waals surface area contributed by atoms with Gasteiger partial charge in [-0.15, -0.1) is 20.4 Å². The topological polar surface area (TPSA) is 139 Å². The highest BCUT2D eigenvalue weighted by molar-refractivity contribution is 7.19. The van der Waals surface area contributed by atoms with E-state index in [2.05, 4.69) is 45.9 Å². The molecule has 5 heterocycles. The quantitative estimate of drug-likeness (QED) is 0.312. The Morgan fingerprint density at radius 3 is 2.24 bits per heavy atom. The first kappa shape index (κ1) is 24.8. The van der Waals surface area contributed by atoms with E-state index in [0.717, 1.165) is 41.9 Å². The highest BCUT2D eigenvalue weighted by atomic mass is 32.1. The van der Waals surface area contributed by atoms with Crippen molar-refractivity contribution in [2.45, 2.75) is 38.1 Å². The van der Waals surface area contributed by atoms with E-state index in [1.54, 1.807) is 12.4 Å². The van der Waals surface area contributed by atoms with Crippen LogP contribution in [0.2, 0.25) is 0 Å². The van der Waals surface area contributed by atoms with Crippen LogP contribution in [0.4, 0.5) is 15.4 Å². The molecule has 190 valence electrons. The molecule has 37 heavy (non-hydrogen) atoms. The molecular formula is C24H25N9O2S2. The maximum absolute atomic E-state index is 12.3. The first-order chi connectivity index (χ1) is 18.1. The second-order valence-electron chi connectivity index (χ2n) is 8.56. The molecule has 0 atom stereocenters. The van der Waals surface area contributed by atoms with Gasteiger partial charge in [-0.25, -0.2) is 0 Å². The summed E-state index contributed by atoms with van der Waals surface area (Å²) in [5.41, 5.74) is 1.47. The third-order valence-electron chi connectivity index (χ3n) is 5.74. The predicted octanol–water partition coefficient (Wildman–Crippen LogP) is 2.80. The second-order valence-corrected chi connectivity index (χ2v) is 10.6. The molecule has 4 aromatic heterocycles. The predicted molar refractivity (Wildman–Crippen MR) is 142 cm³/mol. The minimum absolute atomic E-state index is 0.0686. The third-order valence-corrected chi connectivity index (χ3v) is 7.50. The lowest BCUT2D eigenvalue weighted by molar-refractivity contribution is -0.118. The number of amides is 1. The summed E-state index contributed by atoms with van der Waals surface area (Å²) in [6, 6.07) is 11.3. The molecule has 13 heteroatoms. The average Bonchev–Trinajstić information content (AvgIpc) is 3.55. The molecule has 1 saturated heterocycles. The van der Waals surface area contributed by atoms with Crippen LogP contribution in [0.15, 0.2) is 48.8 Å². The Labute approximate surface area is 221 Å². The van der Waals surface area contributed by atoms with Crippen LogP contribution in [0.3, 0.4) is 0 Å². The Bertz CT molecular complexity index is 1320. The molecule has 1 amide bonds. The van der Waals surface area contributed by atoms with E-state index in [9.17, 15) is 9.59 Å². The maximum Gasteiger partial charge on any atom is 0.232 e. The van der Waals surface area contributed by atoms with Gasteiger partial charge >= 0.3 is 0 Å².